The quantitative estimate of drug-likeness (QED) is 0.871. The average molecular weight is 393 g/mol. The van der Waals surface area contributed by atoms with E-state index in [1.807, 2.05) is 23.6 Å². The van der Waals surface area contributed by atoms with Crippen LogP contribution in [-0.4, -0.2) is 64.3 Å². The first-order valence-corrected chi connectivity index (χ1v) is 10.00. The molecular weight excluding hydrogens is 368 g/mol. The number of nitrogens with one attached hydrogen (secondary N) is 1. The molecule has 0 aliphatic carbocycles. The highest BCUT2D eigenvalue weighted by atomic mass is 35.5. The van der Waals surface area contributed by atoms with Crippen LogP contribution in [-0.2, 0) is 4.74 Å². The Morgan fingerprint density at radius 1 is 1.22 bits per heavy atom. The minimum Gasteiger partial charge on any atom is -0.450 e. The summed E-state index contributed by atoms with van der Waals surface area (Å²) in [5, 5.41) is 0.637. The molecular formula is C19H25ClN4O3. The fraction of sp³-hybridized carbons (Fsp3) is 0.579. The molecule has 0 radical (unpaired) electrons. The Balaban J connectivity index is 1.42. The van der Waals surface area contributed by atoms with E-state index in [1.165, 1.54) is 0 Å². The summed E-state index contributed by atoms with van der Waals surface area (Å²) < 4.78 is 6.97. The van der Waals surface area contributed by atoms with Crippen LogP contribution in [0.25, 0.3) is 11.0 Å². The van der Waals surface area contributed by atoms with E-state index >= 15 is 0 Å². The number of likely N-dealkylation sites (tertiary alicyclic amines) is 2. The Morgan fingerprint density at radius 3 is 2.70 bits per heavy atom. The summed E-state index contributed by atoms with van der Waals surface area (Å²) in [4.78, 5) is 31.5. The van der Waals surface area contributed by atoms with Gasteiger partial charge in [-0.25, -0.2) is 9.59 Å². The molecule has 1 aromatic carbocycles. The summed E-state index contributed by atoms with van der Waals surface area (Å²) in [5.41, 5.74) is 1.63. The highest BCUT2D eigenvalue weighted by Gasteiger charge is 2.33. The summed E-state index contributed by atoms with van der Waals surface area (Å²) in [5.74, 6) is 0. The molecule has 1 atom stereocenters. The fourth-order valence-corrected chi connectivity index (χ4v) is 4.55. The maximum atomic E-state index is 12.5. The van der Waals surface area contributed by atoms with Gasteiger partial charge >= 0.3 is 11.8 Å². The first-order valence-electron chi connectivity index (χ1n) is 9.62. The molecule has 1 amide bonds. The first kappa shape index (κ1) is 18.4. The van der Waals surface area contributed by atoms with Crippen molar-refractivity contribution in [1.82, 2.24) is 19.4 Å². The normalized spacial score (nSPS) is 21.9. The lowest BCUT2D eigenvalue weighted by atomic mass is 10.0. The van der Waals surface area contributed by atoms with Gasteiger partial charge < -0.3 is 14.6 Å². The minimum absolute atomic E-state index is 0.0694. The lowest BCUT2D eigenvalue weighted by Crippen LogP contribution is -2.44. The van der Waals surface area contributed by atoms with Crippen LogP contribution >= 0.6 is 11.6 Å². The Morgan fingerprint density at radius 2 is 1.96 bits per heavy atom. The number of benzene rings is 1. The molecule has 0 bridgehead atoms. The minimum atomic E-state index is -0.211. The lowest BCUT2D eigenvalue weighted by molar-refractivity contribution is 0.105. The van der Waals surface area contributed by atoms with Crippen molar-refractivity contribution in [3.63, 3.8) is 0 Å². The number of aromatic amines is 1. The summed E-state index contributed by atoms with van der Waals surface area (Å²) >= 11 is 6.13. The zero-order valence-corrected chi connectivity index (χ0v) is 16.2. The summed E-state index contributed by atoms with van der Waals surface area (Å²) in [6, 6.07) is 6.05. The molecule has 2 aromatic rings. The van der Waals surface area contributed by atoms with Gasteiger partial charge in [-0.15, -0.1) is 0 Å². The van der Waals surface area contributed by atoms with E-state index in [0.29, 0.717) is 17.7 Å². The molecule has 3 heterocycles. The molecule has 1 aromatic heterocycles. The van der Waals surface area contributed by atoms with Crippen LogP contribution in [0.4, 0.5) is 4.79 Å². The van der Waals surface area contributed by atoms with Crippen molar-refractivity contribution in [3.05, 3.63) is 33.7 Å². The van der Waals surface area contributed by atoms with E-state index < -0.39 is 0 Å². The van der Waals surface area contributed by atoms with Crippen molar-refractivity contribution in [3.8, 4) is 0 Å². The van der Waals surface area contributed by atoms with Crippen LogP contribution in [0.15, 0.2) is 23.0 Å². The molecule has 1 N–H and O–H groups in total. The van der Waals surface area contributed by atoms with Gasteiger partial charge in [-0.1, -0.05) is 11.6 Å². The monoisotopic (exact) mass is 392 g/mol. The molecule has 2 saturated heterocycles. The smallest absolute Gasteiger partial charge is 0.409 e. The Kier molecular flexibility index (Phi) is 5.14. The number of hydrogen-bond acceptors (Lipinski definition) is 4. The van der Waals surface area contributed by atoms with Gasteiger partial charge in [-0.05, 0) is 44.4 Å². The molecule has 0 saturated carbocycles. The van der Waals surface area contributed by atoms with Crippen LogP contribution < -0.4 is 5.69 Å². The number of amides is 1. The number of fused-ring (bicyclic) bond motifs is 1. The number of halogens is 1. The molecule has 2 aliphatic rings. The summed E-state index contributed by atoms with van der Waals surface area (Å²) in [6.07, 6.45) is 2.59. The molecule has 2 fully saturated rings. The van der Waals surface area contributed by atoms with Gasteiger partial charge in [-0.2, -0.15) is 0 Å². The number of piperidine rings is 1. The third kappa shape index (κ3) is 3.58. The van der Waals surface area contributed by atoms with Crippen molar-refractivity contribution in [2.45, 2.75) is 38.3 Å². The number of hydrogen-bond donors (Lipinski definition) is 1. The largest absolute Gasteiger partial charge is 0.450 e. The number of carbonyl (C=O) groups is 1. The van der Waals surface area contributed by atoms with E-state index in [9.17, 15) is 9.59 Å². The van der Waals surface area contributed by atoms with E-state index in [-0.39, 0.29) is 17.8 Å². The van der Waals surface area contributed by atoms with Crippen molar-refractivity contribution < 1.29 is 9.53 Å². The number of carbonyl (C=O) groups excluding carboxylic acids is 1. The second-order valence-corrected chi connectivity index (χ2v) is 7.75. The second kappa shape index (κ2) is 7.56. The number of H-pyrrole nitrogens is 1. The van der Waals surface area contributed by atoms with Gasteiger partial charge in [-0.3, -0.25) is 9.47 Å². The Hall–Kier alpha value is -1.99. The zero-order valence-electron chi connectivity index (χ0n) is 15.5. The molecule has 1 unspecified atom stereocenters. The van der Waals surface area contributed by atoms with E-state index in [2.05, 4.69) is 9.88 Å². The van der Waals surface area contributed by atoms with E-state index in [0.717, 1.165) is 56.5 Å². The SMILES string of the molecule is CCOC(=O)N1CCC(N2CCC(n3c(=O)[nH]c4ccc(Cl)cc43)CC2)C1. The summed E-state index contributed by atoms with van der Waals surface area (Å²) in [7, 11) is 0. The van der Waals surface area contributed by atoms with Gasteiger partial charge in [0.15, 0.2) is 0 Å². The molecule has 4 rings (SSSR count). The third-order valence-corrected chi connectivity index (χ3v) is 5.98. The highest BCUT2D eigenvalue weighted by molar-refractivity contribution is 6.31. The standard InChI is InChI=1S/C19H25ClN4O3/c1-2-27-19(26)23-10-7-15(12-23)22-8-5-14(6-9-22)24-17-11-13(20)3-4-16(17)21-18(24)25/h3-4,11,14-15H,2,5-10,12H2,1H3,(H,21,25). The third-order valence-electron chi connectivity index (χ3n) is 5.75. The van der Waals surface area contributed by atoms with Crippen molar-refractivity contribution in [1.29, 1.82) is 0 Å². The van der Waals surface area contributed by atoms with E-state index in [4.69, 9.17) is 16.3 Å². The predicted octanol–water partition coefficient (Wildman–Crippen LogP) is 2.85. The fourth-order valence-electron chi connectivity index (χ4n) is 4.39. The van der Waals surface area contributed by atoms with Crippen molar-refractivity contribution >= 4 is 28.7 Å². The first-order chi connectivity index (χ1) is 13.1. The maximum absolute atomic E-state index is 12.5. The Labute approximate surface area is 162 Å². The molecule has 146 valence electrons. The second-order valence-electron chi connectivity index (χ2n) is 7.32. The van der Waals surface area contributed by atoms with Crippen molar-refractivity contribution in [2.24, 2.45) is 0 Å². The van der Waals surface area contributed by atoms with Gasteiger partial charge in [0.2, 0.25) is 0 Å². The highest BCUT2D eigenvalue weighted by Crippen LogP contribution is 2.29. The molecule has 7 nitrogen and oxygen atoms in total. The molecule has 27 heavy (non-hydrogen) atoms. The number of nitrogens with zero attached hydrogens (tertiary/aromatic N) is 3. The molecule has 2 aliphatic heterocycles. The zero-order chi connectivity index (χ0) is 19.0. The number of rotatable bonds is 3. The predicted molar refractivity (Wildman–Crippen MR) is 104 cm³/mol. The summed E-state index contributed by atoms with van der Waals surface area (Å²) in [6.45, 7) is 5.57. The number of imidazole rings is 1. The van der Waals surface area contributed by atoms with Gasteiger partial charge in [0, 0.05) is 43.3 Å². The average Bonchev–Trinajstić information content (AvgIpc) is 3.26. The van der Waals surface area contributed by atoms with Crippen LogP contribution in [0.5, 0.6) is 0 Å². The number of aromatic nitrogens is 2. The topological polar surface area (TPSA) is 70.6 Å². The van der Waals surface area contributed by atoms with Gasteiger partial charge in [0.1, 0.15) is 0 Å². The molecule has 0 spiro atoms. The van der Waals surface area contributed by atoms with Crippen LogP contribution in [0.3, 0.4) is 0 Å². The van der Waals surface area contributed by atoms with Gasteiger partial charge in [0.05, 0.1) is 17.6 Å². The van der Waals surface area contributed by atoms with Crippen LogP contribution in [0.2, 0.25) is 5.02 Å². The van der Waals surface area contributed by atoms with Crippen LogP contribution in [0, 0.1) is 0 Å². The maximum Gasteiger partial charge on any atom is 0.409 e. The Bertz CT molecular complexity index is 885. The van der Waals surface area contributed by atoms with Crippen molar-refractivity contribution in [2.75, 3.05) is 32.8 Å². The number of ether oxygens (including phenoxy) is 1. The van der Waals surface area contributed by atoms with Gasteiger partial charge in [0.25, 0.3) is 0 Å². The lowest BCUT2D eigenvalue weighted by Gasteiger charge is -2.36. The van der Waals surface area contributed by atoms with E-state index in [1.54, 1.807) is 11.0 Å². The molecule has 8 heteroatoms. The van der Waals surface area contributed by atoms with Crippen LogP contribution in [0.1, 0.15) is 32.2 Å².